The first-order chi connectivity index (χ1) is 18.4. The van der Waals surface area contributed by atoms with Crippen molar-refractivity contribution in [1.82, 2.24) is 24.9 Å². The number of fused-ring (bicyclic) bond motifs is 1. The highest BCUT2D eigenvalue weighted by atomic mass is 19.1. The molecule has 9 heteroatoms. The number of hydrogen-bond acceptors (Lipinski definition) is 4. The Labute approximate surface area is 219 Å². The minimum absolute atomic E-state index is 0.118. The highest BCUT2D eigenvalue weighted by Crippen LogP contribution is 2.33. The molecule has 1 fully saturated rings. The maximum atomic E-state index is 13.4. The molecule has 1 N–H and O–H groups in total. The van der Waals surface area contributed by atoms with Gasteiger partial charge in [-0.15, -0.1) is 0 Å². The molecule has 1 aliphatic heterocycles. The minimum Gasteiger partial charge on any atom is -0.345 e. The molecule has 38 heavy (non-hydrogen) atoms. The molecule has 2 aromatic carbocycles. The predicted octanol–water partition coefficient (Wildman–Crippen LogP) is 4.49. The summed E-state index contributed by atoms with van der Waals surface area (Å²) < 4.78 is 16.7. The zero-order chi connectivity index (χ0) is 26.8. The zero-order valence-electron chi connectivity index (χ0n) is 21.1. The number of amides is 2. The Morgan fingerprint density at radius 3 is 2.61 bits per heavy atom. The number of benzene rings is 2. The molecule has 3 heterocycles. The van der Waals surface area contributed by atoms with Gasteiger partial charge in [0.25, 0.3) is 5.91 Å². The molecular weight excluding hydrogens is 483 g/mol. The summed E-state index contributed by atoms with van der Waals surface area (Å²) in [7, 11) is 1.74. The Kier molecular flexibility index (Phi) is 6.74. The number of carbonyl (C=O) groups excluding carboxylic acids is 2. The largest absolute Gasteiger partial charge is 0.345 e. The lowest BCUT2D eigenvalue weighted by Crippen LogP contribution is -2.46. The molecule has 2 amide bonds. The van der Waals surface area contributed by atoms with E-state index in [4.69, 9.17) is 0 Å². The Bertz CT molecular complexity index is 1580. The van der Waals surface area contributed by atoms with Gasteiger partial charge in [0, 0.05) is 30.7 Å². The lowest BCUT2D eigenvalue weighted by atomic mass is 10.00. The van der Waals surface area contributed by atoms with Gasteiger partial charge in [0.1, 0.15) is 11.5 Å². The van der Waals surface area contributed by atoms with E-state index in [-0.39, 0.29) is 29.7 Å². The first-order valence-electron chi connectivity index (χ1n) is 12.2. The predicted molar refractivity (Wildman–Crippen MR) is 144 cm³/mol. The maximum absolute atomic E-state index is 13.4. The number of nitrogens with one attached hydrogen (secondary N) is 1. The summed E-state index contributed by atoms with van der Waals surface area (Å²) in [5.74, 6) is -0.803. The average molecular weight is 511 g/mol. The third kappa shape index (κ3) is 4.78. The fraction of sp³-hybridized carbons (Fsp3) is 0.172. The van der Waals surface area contributed by atoms with Crippen LogP contribution in [0.1, 0.15) is 23.8 Å². The van der Waals surface area contributed by atoms with Crippen molar-refractivity contribution in [2.45, 2.75) is 25.4 Å². The van der Waals surface area contributed by atoms with E-state index in [1.165, 1.54) is 12.1 Å². The van der Waals surface area contributed by atoms with E-state index in [1.54, 1.807) is 51.9 Å². The quantitative estimate of drug-likeness (QED) is 0.371. The molecule has 8 nitrogen and oxygen atoms in total. The van der Waals surface area contributed by atoms with Gasteiger partial charge in [0.2, 0.25) is 5.91 Å². The van der Waals surface area contributed by atoms with Crippen LogP contribution in [0.4, 0.5) is 10.1 Å². The fourth-order valence-corrected chi connectivity index (χ4v) is 4.72. The molecule has 2 atom stereocenters. The summed E-state index contributed by atoms with van der Waals surface area (Å²) in [6.45, 7) is 6.15. The van der Waals surface area contributed by atoms with Crippen LogP contribution >= 0.6 is 0 Å². The zero-order valence-corrected chi connectivity index (χ0v) is 21.1. The van der Waals surface area contributed by atoms with Gasteiger partial charge in [-0.25, -0.2) is 9.07 Å². The number of allylic oxidation sites excluding steroid dienone is 3. The van der Waals surface area contributed by atoms with Crippen molar-refractivity contribution in [3.63, 3.8) is 0 Å². The Morgan fingerprint density at radius 2 is 1.89 bits per heavy atom. The maximum Gasteiger partial charge on any atom is 0.272 e. The van der Waals surface area contributed by atoms with Gasteiger partial charge in [-0.3, -0.25) is 14.3 Å². The number of nitrogens with zero attached hydrogens (tertiary/aromatic N) is 5. The number of aromatic nitrogens is 4. The van der Waals surface area contributed by atoms with E-state index in [2.05, 4.69) is 22.1 Å². The van der Waals surface area contributed by atoms with Crippen molar-refractivity contribution < 1.29 is 14.0 Å². The van der Waals surface area contributed by atoms with Gasteiger partial charge in [-0.05, 0) is 61.0 Å². The van der Waals surface area contributed by atoms with E-state index in [1.807, 2.05) is 49.4 Å². The molecule has 4 aromatic rings. The Morgan fingerprint density at radius 1 is 1.13 bits per heavy atom. The van der Waals surface area contributed by atoms with Gasteiger partial charge in [-0.2, -0.15) is 10.2 Å². The van der Waals surface area contributed by atoms with Crippen LogP contribution in [-0.2, 0) is 11.8 Å². The molecule has 1 aliphatic rings. The highest BCUT2D eigenvalue weighted by Gasteiger charge is 2.42. The molecule has 0 saturated carbocycles. The summed E-state index contributed by atoms with van der Waals surface area (Å²) in [5, 5.41) is 12.4. The molecular formula is C29H27FN6O2. The van der Waals surface area contributed by atoms with Gasteiger partial charge in [0.05, 0.1) is 29.5 Å². The molecule has 5 rings (SSSR count). The summed E-state index contributed by atoms with van der Waals surface area (Å²) in [5.41, 5.74) is 3.17. The van der Waals surface area contributed by atoms with Crippen LogP contribution < -0.4 is 10.2 Å². The molecule has 0 radical (unpaired) electrons. The number of rotatable bonds is 7. The lowest BCUT2D eigenvalue weighted by molar-refractivity contribution is -0.117. The lowest BCUT2D eigenvalue weighted by Gasteiger charge is -2.29. The van der Waals surface area contributed by atoms with E-state index in [0.717, 1.165) is 16.6 Å². The van der Waals surface area contributed by atoms with Gasteiger partial charge >= 0.3 is 0 Å². The van der Waals surface area contributed by atoms with Crippen LogP contribution in [0.15, 0.2) is 97.4 Å². The monoisotopic (exact) mass is 510 g/mol. The molecule has 0 spiro atoms. The molecule has 0 bridgehead atoms. The second-order valence-electron chi connectivity index (χ2n) is 9.10. The molecule has 2 aromatic heterocycles. The number of halogens is 1. The van der Waals surface area contributed by atoms with Crippen LogP contribution in [-0.4, -0.2) is 43.5 Å². The average Bonchev–Trinajstić information content (AvgIpc) is 3.61. The molecule has 192 valence electrons. The third-order valence-electron chi connectivity index (χ3n) is 6.48. The first-order valence-corrected chi connectivity index (χ1v) is 12.2. The van der Waals surface area contributed by atoms with Crippen molar-refractivity contribution >= 4 is 28.4 Å². The second kappa shape index (κ2) is 10.3. The molecule has 0 unspecified atom stereocenters. The van der Waals surface area contributed by atoms with E-state index in [0.29, 0.717) is 11.3 Å². The van der Waals surface area contributed by atoms with Crippen LogP contribution in [0.25, 0.3) is 16.6 Å². The van der Waals surface area contributed by atoms with Crippen LogP contribution in [0.3, 0.4) is 0 Å². The van der Waals surface area contributed by atoms with Crippen molar-refractivity contribution in [1.29, 1.82) is 0 Å². The third-order valence-corrected chi connectivity index (χ3v) is 6.48. The Hall–Kier alpha value is -4.79. The van der Waals surface area contributed by atoms with Gasteiger partial charge in [-0.1, -0.05) is 30.9 Å². The first kappa shape index (κ1) is 24.9. The SMILES string of the molecule is C=C(/C=C\C=C/C)[C@@H]1[C@@H](NC(=O)c2ccn(C)n2)CC(=O)N1c1ccc2c(cnn2-c2ccc(F)cc2)c1. The second-order valence-corrected chi connectivity index (χ2v) is 9.10. The Balaban J connectivity index is 1.49. The van der Waals surface area contributed by atoms with Crippen LogP contribution in [0, 0.1) is 5.82 Å². The standard InChI is InChI=1S/C29H27FN6O2/c1-4-5-6-7-19(2)28-25(32-29(38)24-14-15-34(3)33-24)17-27(37)35(28)23-12-13-26-20(16-23)18-31-36(26)22-10-8-21(30)9-11-22/h4-16,18,25,28H,2,17H2,1,3H3,(H,32,38)/b5-4-,7-6-/t25-,28+/m0/s1. The van der Waals surface area contributed by atoms with Crippen molar-refractivity contribution in [2.75, 3.05) is 4.90 Å². The van der Waals surface area contributed by atoms with E-state index >= 15 is 0 Å². The number of aryl methyl sites for hydroxylation is 1. The normalized spacial score (nSPS) is 17.8. The number of carbonyl (C=O) groups is 2. The summed E-state index contributed by atoms with van der Waals surface area (Å²) in [4.78, 5) is 28.0. The van der Waals surface area contributed by atoms with Crippen molar-refractivity contribution in [2.24, 2.45) is 7.05 Å². The van der Waals surface area contributed by atoms with Crippen LogP contribution in [0.5, 0.6) is 0 Å². The van der Waals surface area contributed by atoms with Crippen molar-refractivity contribution in [3.8, 4) is 5.69 Å². The summed E-state index contributed by atoms with van der Waals surface area (Å²) in [6.07, 6.45) is 11.0. The van der Waals surface area contributed by atoms with Crippen LogP contribution in [0.2, 0.25) is 0 Å². The highest BCUT2D eigenvalue weighted by molar-refractivity contribution is 6.01. The van der Waals surface area contributed by atoms with Gasteiger partial charge in [0.15, 0.2) is 0 Å². The molecule has 0 aliphatic carbocycles. The van der Waals surface area contributed by atoms with E-state index in [9.17, 15) is 14.0 Å². The van der Waals surface area contributed by atoms with E-state index < -0.39 is 12.1 Å². The minimum atomic E-state index is -0.502. The summed E-state index contributed by atoms with van der Waals surface area (Å²) >= 11 is 0. The summed E-state index contributed by atoms with van der Waals surface area (Å²) in [6, 6.07) is 12.3. The smallest absolute Gasteiger partial charge is 0.272 e. The number of hydrogen-bond donors (Lipinski definition) is 1. The van der Waals surface area contributed by atoms with Crippen molar-refractivity contribution in [3.05, 3.63) is 109 Å². The topological polar surface area (TPSA) is 85.1 Å². The fourth-order valence-electron chi connectivity index (χ4n) is 4.72. The number of anilines is 1. The molecule has 1 saturated heterocycles. The van der Waals surface area contributed by atoms with Gasteiger partial charge < -0.3 is 10.2 Å².